The van der Waals surface area contributed by atoms with Gasteiger partial charge in [-0.25, -0.2) is 4.79 Å². The number of nitrogens with one attached hydrogen (secondary N) is 1. The van der Waals surface area contributed by atoms with Crippen molar-refractivity contribution >= 4 is 23.3 Å². The van der Waals surface area contributed by atoms with Crippen LogP contribution in [0.15, 0.2) is 51.7 Å². The van der Waals surface area contributed by atoms with E-state index in [-0.39, 0.29) is 25.0 Å². The topological polar surface area (TPSA) is 97.6 Å². The lowest BCUT2D eigenvalue weighted by atomic mass is 9.94. The first-order valence-electron chi connectivity index (χ1n) is 10.2. The quantitative estimate of drug-likeness (QED) is 0.604. The molecule has 1 atom stereocenters. The average molecular weight is 441 g/mol. The predicted molar refractivity (Wildman–Crippen MR) is 115 cm³/mol. The van der Waals surface area contributed by atoms with Crippen molar-refractivity contribution in [3.8, 4) is 11.4 Å². The molecule has 1 fully saturated rings. The number of benzene rings is 1. The second kappa shape index (κ2) is 10.2. The maximum atomic E-state index is 12.5. The lowest BCUT2D eigenvalue weighted by Crippen LogP contribution is -2.45. The fraction of sp³-hybridized carbons (Fsp3) is 0.364. The van der Waals surface area contributed by atoms with E-state index in [0.717, 1.165) is 24.0 Å². The number of ether oxygens (including phenoxy) is 1. The highest BCUT2D eigenvalue weighted by Crippen LogP contribution is 2.23. The van der Waals surface area contributed by atoms with E-state index in [1.165, 1.54) is 0 Å². The third kappa shape index (κ3) is 5.91. The number of nitrogens with zero attached hydrogens (tertiary/aromatic N) is 3. The predicted octanol–water partition coefficient (Wildman–Crippen LogP) is 3.51. The van der Waals surface area contributed by atoms with Crippen molar-refractivity contribution in [2.75, 3.05) is 19.6 Å². The maximum absolute atomic E-state index is 12.5. The van der Waals surface area contributed by atoms with Crippen molar-refractivity contribution in [1.82, 2.24) is 20.4 Å². The largest absolute Gasteiger partial charge is 0.445 e. The van der Waals surface area contributed by atoms with Gasteiger partial charge < -0.3 is 19.5 Å². The van der Waals surface area contributed by atoms with Crippen LogP contribution in [0.1, 0.15) is 24.3 Å². The van der Waals surface area contributed by atoms with Crippen LogP contribution in [0, 0.1) is 5.92 Å². The van der Waals surface area contributed by atoms with E-state index in [2.05, 4.69) is 15.5 Å². The summed E-state index contributed by atoms with van der Waals surface area (Å²) in [6, 6.07) is 11.4. The molecule has 8 nitrogen and oxygen atoms in total. The maximum Gasteiger partial charge on any atom is 0.407 e. The molecule has 1 aliphatic rings. The number of carbonyl (C=O) groups excluding carboxylic acids is 2. The molecule has 2 aromatic heterocycles. The van der Waals surface area contributed by atoms with Gasteiger partial charge in [0.05, 0.1) is 0 Å². The summed E-state index contributed by atoms with van der Waals surface area (Å²) >= 11 is 1.59. The Bertz CT molecular complexity index is 990. The highest BCUT2D eigenvalue weighted by atomic mass is 32.1. The monoisotopic (exact) mass is 440 g/mol. The van der Waals surface area contributed by atoms with Crippen LogP contribution in [0.2, 0.25) is 0 Å². The fourth-order valence-electron chi connectivity index (χ4n) is 3.59. The summed E-state index contributed by atoms with van der Waals surface area (Å²) in [5, 5.41) is 10.5. The lowest BCUT2D eigenvalue weighted by molar-refractivity contribution is -0.132. The van der Waals surface area contributed by atoms with Crippen molar-refractivity contribution in [1.29, 1.82) is 0 Å². The zero-order valence-electron chi connectivity index (χ0n) is 17.0. The molecule has 3 aromatic rings. The third-order valence-corrected chi connectivity index (χ3v) is 5.86. The molecule has 1 N–H and O–H groups in total. The van der Waals surface area contributed by atoms with Gasteiger partial charge in [-0.05, 0) is 35.8 Å². The first-order chi connectivity index (χ1) is 15.2. The van der Waals surface area contributed by atoms with Gasteiger partial charge in [0, 0.05) is 30.5 Å². The molecule has 9 heteroatoms. The Balaban J connectivity index is 1.21. The van der Waals surface area contributed by atoms with E-state index >= 15 is 0 Å². The minimum atomic E-state index is -0.599. The van der Waals surface area contributed by atoms with Gasteiger partial charge in [0.2, 0.25) is 17.6 Å². The molecule has 1 saturated heterocycles. The van der Waals surface area contributed by atoms with Gasteiger partial charge in [-0.1, -0.05) is 35.5 Å². The van der Waals surface area contributed by atoms with E-state index in [1.807, 2.05) is 47.2 Å². The number of rotatable bonds is 7. The Labute approximate surface area is 184 Å². The van der Waals surface area contributed by atoms with Crippen molar-refractivity contribution < 1.29 is 18.8 Å². The summed E-state index contributed by atoms with van der Waals surface area (Å²) in [5.74, 6) is 1.31. The number of carbonyl (C=O) groups is 2. The van der Waals surface area contributed by atoms with Crippen molar-refractivity contribution in [3.05, 3.63) is 58.6 Å². The SMILES string of the molecule is O=C(NCC(=O)N1CCCC(Cc2nc(-c3ccsc3)no2)C1)OCc1ccccc1. The van der Waals surface area contributed by atoms with Gasteiger partial charge in [-0.3, -0.25) is 4.79 Å². The molecule has 1 aliphatic heterocycles. The van der Waals surface area contributed by atoms with Gasteiger partial charge in [-0.15, -0.1) is 0 Å². The Morgan fingerprint density at radius 2 is 2.13 bits per heavy atom. The normalized spacial score (nSPS) is 16.1. The zero-order chi connectivity index (χ0) is 21.5. The van der Waals surface area contributed by atoms with Crippen LogP contribution < -0.4 is 5.32 Å². The van der Waals surface area contributed by atoms with Gasteiger partial charge >= 0.3 is 6.09 Å². The van der Waals surface area contributed by atoms with Crippen LogP contribution in [-0.4, -0.2) is 46.7 Å². The first-order valence-corrected chi connectivity index (χ1v) is 11.2. The zero-order valence-corrected chi connectivity index (χ0v) is 17.8. The summed E-state index contributed by atoms with van der Waals surface area (Å²) < 4.78 is 10.5. The molecule has 4 rings (SSSR count). The molecule has 162 valence electrons. The van der Waals surface area contributed by atoms with E-state index < -0.39 is 6.09 Å². The van der Waals surface area contributed by atoms with Gasteiger partial charge in [-0.2, -0.15) is 16.3 Å². The number of alkyl carbamates (subject to hydrolysis) is 1. The smallest absolute Gasteiger partial charge is 0.407 e. The second-order valence-electron chi connectivity index (χ2n) is 7.49. The minimum absolute atomic E-state index is 0.0802. The summed E-state index contributed by atoms with van der Waals surface area (Å²) in [6.07, 6.45) is 1.93. The van der Waals surface area contributed by atoms with Crippen LogP contribution >= 0.6 is 11.3 Å². The van der Waals surface area contributed by atoms with Crippen LogP contribution in [0.25, 0.3) is 11.4 Å². The van der Waals surface area contributed by atoms with Crippen LogP contribution in [0.5, 0.6) is 0 Å². The molecule has 31 heavy (non-hydrogen) atoms. The molecule has 3 heterocycles. The van der Waals surface area contributed by atoms with Crippen LogP contribution in [0.4, 0.5) is 4.79 Å². The van der Waals surface area contributed by atoms with Gasteiger partial charge in [0.1, 0.15) is 13.2 Å². The number of piperidine rings is 1. The average Bonchev–Trinajstić information content (AvgIpc) is 3.49. The van der Waals surface area contributed by atoms with E-state index in [0.29, 0.717) is 31.2 Å². The van der Waals surface area contributed by atoms with Gasteiger partial charge in [0.15, 0.2) is 0 Å². The molecule has 0 radical (unpaired) electrons. The van der Waals surface area contributed by atoms with Crippen molar-refractivity contribution in [3.63, 3.8) is 0 Å². The molecule has 0 bridgehead atoms. The lowest BCUT2D eigenvalue weighted by Gasteiger charge is -2.32. The highest BCUT2D eigenvalue weighted by Gasteiger charge is 2.26. The summed E-state index contributed by atoms with van der Waals surface area (Å²) in [5.41, 5.74) is 1.84. The molecule has 0 aliphatic carbocycles. The Morgan fingerprint density at radius 1 is 1.26 bits per heavy atom. The minimum Gasteiger partial charge on any atom is -0.445 e. The molecular weight excluding hydrogens is 416 g/mol. The summed E-state index contributed by atoms with van der Waals surface area (Å²) in [6.45, 7) is 1.38. The number of hydrogen-bond donors (Lipinski definition) is 1. The molecule has 2 amide bonds. The Kier molecular flexibility index (Phi) is 6.93. The molecule has 0 saturated carbocycles. The summed E-state index contributed by atoms with van der Waals surface area (Å²) in [7, 11) is 0. The first kappa shape index (κ1) is 21.0. The Morgan fingerprint density at radius 3 is 2.94 bits per heavy atom. The number of amides is 2. The second-order valence-corrected chi connectivity index (χ2v) is 8.27. The number of hydrogen-bond acceptors (Lipinski definition) is 7. The van der Waals surface area contributed by atoms with E-state index in [1.54, 1.807) is 16.2 Å². The van der Waals surface area contributed by atoms with Crippen LogP contribution in [0.3, 0.4) is 0 Å². The van der Waals surface area contributed by atoms with Gasteiger partial charge in [0.25, 0.3) is 0 Å². The van der Waals surface area contributed by atoms with E-state index in [4.69, 9.17) is 9.26 Å². The van der Waals surface area contributed by atoms with Crippen molar-refractivity contribution in [2.45, 2.75) is 25.9 Å². The fourth-order valence-corrected chi connectivity index (χ4v) is 4.22. The number of aromatic nitrogens is 2. The van der Waals surface area contributed by atoms with Crippen LogP contribution in [-0.2, 0) is 22.6 Å². The summed E-state index contributed by atoms with van der Waals surface area (Å²) in [4.78, 5) is 30.7. The number of likely N-dealkylation sites (tertiary alicyclic amines) is 1. The Hall–Kier alpha value is -3.20. The standard InChI is InChI=1S/C22H24N4O4S/c27-20(12-23-22(28)29-14-16-5-2-1-3-6-16)26-9-4-7-17(13-26)11-19-24-21(25-30-19)18-8-10-31-15-18/h1-3,5-6,8,10,15,17H,4,7,9,11-14H2,(H,23,28). The highest BCUT2D eigenvalue weighted by molar-refractivity contribution is 7.08. The third-order valence-electron chi connectivity index (χ3n) is 5.18. The van der Waals surface area contributed by atoms with Crippen molar-refractivity contribution in [2.24, 2.45) is 5.92 Å². The molecule has 1 aromatic carbocycles. The number of thiophene rings is 1. The molecule has 0 spiro atoms. The molecular formula is C22H24N4O4S. The van der Waals surface area contributed by atoms with E-state index in [9.17, 15) is 9.59 Å². The molecule has 1 unspecified atom stereocenters.